The predicted octanol–water partition coefficient (Wildman–Crippen LogP) is 3.71. The van der Waals surface area contributed by atoms with Gasteiger partial charge < -0.3 is 4.90 Å². The van der Waals surface area contributed by atoms with Crippen molar-refractivity contribution in [3.8, 4) is 0 Å². The zero-order valence-corrected chi connectivity index (χ0v) is 15.7. The van der Waals surface area contributed by atoms with E-state index in [4.69, 9.17) is 0 Å². The summed E-state index contributed by atoms with van der Waals surface area (Å²) in [5.41, 5.74) is -0.552. The number of amides is 1. The molecule has 1 aliphatic rings. The first kappa shape index (κ1) is 20.3. The minimum Gasteiger partial charge on any atom is -0.341 e. The summed E-state index contributed by atoms with van der Waals surface area (Å²) in [5, 5.41) is 0.505. The Balaban J connectivity index is 1.59. The number of carbonyl (C=O) groups excluding carboxylic acids is 2. The van der Waals surface area contributed by atoms with Gasteiger partial charge in [-0.1, -0.05) is 23.9 Å². The van der Waals surface area contributed by atoms with Crippen LogP contribution in [0, 0.1) is 5.92 Å². The molecule has 9 heteroatoms. The van der Waals surface area contributed by atoms with Crippen molar-refractivity contribution in [3.63, 3.8) is 0 Å². The maximum absolute atomic E-state index is 12.7. The minimum atomic E-state index is -4.43. The van der Waals surface area contributed by atoms with Crippen LogP contribution in [0.4, 0.5) is 13.2 Å². The molecular weight excluding hydrogens is 391 g/mol. The van der Waals surface area contributed by atoms with Crippen molar-refractivity contribution in [2.75, 3.05) is 18.8 Å². The molecule has 3 rings (SSSR count). The first-order chi connectivity index (χ1) is 13.3. The minimum absolute atomic E-state index is 0.109. The molecule has 1 unspecified atom stereocenters. The topological polar surface area (TPSA) is 63.2 Å². The maximum Gasteiger partial charge on any atom is 0.416 e. The van der Waals surface area contributed by atoms with Gasteiger partial charge in [0.25, 0.3) is 0 Å². The highest BCUT2D eigenvalue weighted by Gasteiger charge is 2.32. The van der Waals surface area contributed by atoms with E-state index in [1.807, 2.05) is 0 Å². The van der Waals surface area contributed by atoms with Crippen LogP contribution < -0.4 is 0 Å². The molecule has 0 saturated carbocycles. The van der Waals surface area contributed by atoms with Crippen molar-refractivity contribution < 1.29 is 22.8 Å². The molecule has 1 atom stereocenters. The van der Waals surface area contributed by atoms with Crippen molar-refractivity contribution >= 4 is 23.5 Å². The lowest BCUT2D eigenvalue weighted by atomic mass is 9.89. The van der Waals surface area contributed by atoms with E-state index in [1.165, 1.54) is 23.9 Å². The van der Waals surface area contributed by atoms with E-state index in [2.05, 4.69) is 9.97 Å². The summed E-state index contributed by atoms with van der Waals surface area (Å²) < 4.78 is 38.0. The highest BCUT2D eigenvalue weighted by Crippen LogP contribution is 2.30. The van der Waals surface area contributed by atoms with Gasteiger partial charge in [-0.05, 0) is 31.0 Å². The van der Waals surface area contributed by atoms with Crippen molar-refractivity contribution in [2.45, 2.75) is 24.2 Å². The van der Waals surface area contributed by atoms with Gasteiger partial charge in [-0.2, -0.15) is 13.2 Å². The van der Waals surface area contributed by atoms with Crippen LogP contribution >= 0.6 is 11.8 Å². The number of hydrogen-bond donors (Lipinski definition) is 0. The van der Waals surface area contributed by atoms with Crippen LogP contribution in [0.1, 0.15) is 28.8 Å². The van der Waals surface area contributed by atoms with Gasteiger partial charge in [0.05, 0.1) is 11.3 Å². The monoisotopic (exact) mass is 409 g/mol. The third-order valence-corrected chi connectivity index (χ3v) is 5.37. The summed E-state index contributed by atoms with van der Waals surface area (Å²) in [5.74, 6) is -0.578. The van der Waals surface area contributed by atoms with E-state index in [0.29, 0.717) is 24.5 Å². The zero-order valence-electron chi connectivity index (χ0n) is 14.9. The number of piperidine rings is 1. The Morgan fingerprint density at radius 1 is 1.14 bits per heavy atom. The van der Waals surface area contributed by atoms with Gasteiger partial charge in [-0.15, -0.1) is 0 Å². The molecule has 0 N–H and O–H groups in total. The second-order valence-corrected chi connectivity index (χ2v) is 7.38. The maximum atomic E-state index is 12.7. The fraction of sp³-hybridized carbons (Fsp3) is 0.368. The molecule has 1 amide bonds. The lowest BCUT2D eigenvalue weighted by Crippen LogP contribution is -2.43. The molecule has 0 radical (unpaired) electrons. The Morgan fingerprint density at radius 2 is 1.82 bits per heavy atom. The fourth-order valence-corrected chi connectivity index (χ4v) is 3.76. The number of ketones is 1. The van der Waals surface area contributed by atoms with Crippen LogP contribution in [0.5, 0.6) is 0 Å². The Bertz CT molecular complexity index is 829. The third-order valence-electron chi connectivity index (χ3n) is 4.51. The molecule has 0 aliphatic carbocycles. The molecule has 5 nitrogen and oxygen atoms in total. The van der Waals surface area contributed by atoms with Crippen molar-refractivity contribution in [2.24, 2.45) is 5.92 Å². The van der Waals surface area contributed by atoms with Gasteiger partial charge in [0.1, 0.15) is 0 Å². The van der Waals surface area contributed by atoms with Crippen LogP contribution in [0.25, 0.3) is 0 Å². The van der Waals surface area contributed by atoms with E-state index in [1.54, 1.807) is 23.4 Å². The Hall–Kier alpha value is -2.42. The second-order valence-electron chi connectivity index (χ2n) is 6.44. The first-order valence-corrected chi connectivity index (χ1v) is 9.72. The molecule has 1 fully saturated rings. The van der Waals surface area contributed by atoms with Gasteiger partial charge in [0.15, 0.2) is 10.9 Å². The smallest absolute Gasteiger partial charge is 0.341 e. The van der Waals surface area contributed by atoms with Crippen LogP contribution in [0.15, 0.2) is 47.9 Å². The molecule has 1 aromatic heterocycles. The van der Waals surface area contributed by atoms with E-state index < -0.39 is 17.7 Å². The van der Waals surface area contributed by atoms with E-state index in [9.17, 15) is 22.8 Å². The number of Topliss-reactive ketones (excluding diaryl/α,β-unsaturated/α-hetero) is 1. The zero-order chi connectivity index (χ0) is 20.1. The molecule has 1 aromatic carbocycles. The normalized spacial score (nSPS) is 17.4. The SMILES string of the molecule is O=C(c1ccc(C(F)(F)F)cc1)C1CCCN(C(=O)CSc2ncccn2)C1. The van der Waals surface area contributed by atoms with Gasteiger partial charge in [0, 0.05) is 37.0 Å². The third kappa shape index (κ3) is 5.09. The molecular formula is C19H18F3N3O2S. The second kappa shape index (κ2) is 8.72. The molecule has 0 bridgehead atoms. The Morgan fingerprint density at radius 3 is 2.46 bits per heavy atom. The Labute approximate surface area is 164 Å². The van der Waals surface area contributed by atoms with Gasteiger partial charge in [0.2, 0.25) is 5.91 Å². The summed E-state index contributed by atoms with van der Waals surface area (Å²) in [4.78, 5) is 34.8. The number of alkyl halides is 3. The molecule has 28 heavy (non-hydrogen) atoms. The molecule has 1 saturated heterocycles. The summed E-state index contributed by atoms with van der Waals surface area (Å²) in [6.07, 6.45) is 0.0442. The highest BCUT2D eigenvalue weighted by atomic mass is 32.2. The van der Waals surface area contributed by atoms with E-state index in [0.717, 1.165) is 12.1 Å². The number of likely N-dealkylation sites (tertiary alicyclic amines) is 1. The number of rotatable bonds is 5. The molecule has 2 aromatic rings. The molecule has 2 heterocycles. The van der Waals surface area contributed by atoms with Crippen LogP contribution in [0.2, 0.25) is 0 Å². The Kier molecular flexibility index (Phi) is 6.33. The number of aromatic nitrogens is 2. The summed E-state index contributed by atoms with van der Waals surface area (Å²) in [6.45, 7) is 0.834. The van der Waals surface area contributed by atoms with Crippen molar-refractivity contribution in [1.82, 2.24) is 14.9 Å². The van der Waals surface area contributed by atoms with Crippen molar-refractivity contribution in [1.29, 1.82) is 0 Å². The first-order valence-electron chi connectivity index (χ1n) is 8.73. The lowest BCUT2D eigenvalue weighted by molar-refractivity contribution is -0.137. The average Bonchev–Trinajstić information content (AvgIpc) is 2.72. The van der Waals surface area contributed by atoms with E-state index >= 15 is 0 Å². The molecule has 1 aliphatic heterocycles. The van der Waals surface area contributed by atoms with Crippen molar-refractivity contribution in [3.05, 3.63) is 53.9 Å². The fourth-order valence-electron chi connectivity index (χ4n) is 3.05. The standard InChI is InChI=1S/C19H18F3N3O2S/c20-19(21,22)15-6-4-13(5-7-15)17(27)14-3-1-10-25(11-14)16(26)12-28-18-23-8-2-9-24-18/h2,4-9,14H,1,3,10-12H2. The van der Waals surface area contributed by atoms with Gasteiger partial charge in [-0.25, -0.2) is 9.97 Å². The summed E-state index contributed by atoms with van der Waals surface area (Å²) in [7, 11) is 0. The lowest BCUT2D eigenvalue weighted by Gasteiger charge is -2.32. The van der Waals surface area contributed by atoms with E-state index in [-0.39, 0.29) is 29.6 Å². The quantitative estimate of drug-likeness (QED) is 0.428. The summed E-state index contributed by atoms with van der Waals surface area (Å²) >= 11 is 1.23. The van der Waals surface area contributed by atoms with Gasteiger partial charge in [-0.3, -0.25) is 9.59 Å². The average molecular weight is 409 g/mol. The number of carbonyl (C=O) groups is 2. The number of hydrogen-bond acceptors (Lipinski definition) is 5. The number of thioether (sulfide) groups is 1. The number of nitrogens with zero attached hydrogens (tertiary/aromatic N) is 3. The molecule has 0 spiro atoms. The number of halogens is 3. The van der Waals surface area contributed by atoms with Gasteiger partial charge >= 0.3 is 6.18 Å². The van der Waals surface area contributed by atoms with Crippen LogP contribution in [0.3, 0.4) is 0 Å². The predicted molar refractivity (Wildman–Crippen MR) is 97.8 cm³/mol. The number of benzene rings is 1. The van der Waals surface area contributed by atoms with Crippen LogP contribution in [-0.2, 0) is 11.0 Å². The highest BCUT2D eigenvalue weighted by molar-refractivity contribution is 7.99. The molecule has 148 valence electrons. The largest absolute Gasteiger partial charge is 0.416 e. The summed E-state index contributed by atoms with van der Waals surface area (Å²) in [6, 6.07) is 5.92. The van der Waals surface area contributed by atoms with Crippen LogP contribution in [-0.4, -0.2) is 45.4 Å².